The fraction of sp³-hybridized carbons (Fsp3) is 0.240. The summed E-state index contributed by atoms with van der Waals surface area (Å²) >= 11 is 0. The molecule has 0 aliphatic rings. The third-order valence-corrected chi connectivity index (χ3v) is 5.46. The Hall–Kier alpha value is -3.67. The van der Waals surface area contributed by atoms with Gasteiger partial charge < -0.3 is 10.4 Å². The molecule has 1 amide bonds. The Kier molecular flexibility index (Phi) is 5.46. The van der Waals surface area contributed by atoms with E-state index in [9.17, 15) is 9.90 Å². The fourth-order valence-corrected chi connectivity index (χ4v) is 3.68. The van der Waals surface area contributed by atoms with Gasteiger partial charge in [-0.05, 0) is 55.2 Å². The molecular formula is C25H26N4O2. The number of amides is 1. The zero-order chi connectivity index (χ0) is 22.1. The molecule has 4 rings (SSSR count). The number of aryl methyl sites for hydroxylation is 2. The molecule has 31 heavy (non-hydrogen) atoms. The van der Waals surface area contributed by atoms with Crippen molar-refractivity contribution in [1.82, 2.24) is 14.8 Å². The molecule has 158 valence electrons. The highest BCUT2D eigenvalue weighted by Crippen LogP contribution is 2.32. The Bertz CT molecular complexity index is 1270. The van der Waals surface area contributed by atoms with Crippen molar-refractivity contribution in [2.24, 2.45) is 0 Å². The van der Waals surface area contributed by atoms with Crippen LogP contribution in [0.25, 0.3) is 22.2 Å². The number of anilines is 1. The Morgan fingerprint density at radius 3 is 2.68 bits per heavy atom. The van der Waals surface area contributed by atoms with Gasteiger partial charge in [-0.15, -0.1) is 0 Å². The van der Waals surface area contributed by atoms with Crippen LogP contribution in [0, 0.1) is 6.92 Å². The average Bonchev–Trinajstić information content (AvgIpc) is 3.24. The van der Waals surface area contributed by atoms with Gasteiger partial charge in [0.15, 0.2) is 0 Å². The minimum atomic E-state index is -0.216. The van der Waals surface area contributed by atoms with Crippen molar-refractivity contribution in [2.75, 3.05) is 5.32 Å². The molecule has 2 heterocycles. The third kappa shape index (κ3) is 4.01. The molecule has 2 aromatic carbocycles. The fourth-order valence-electron chi connectivity index (χ4n) is 3.68. The highest BCUT2D eigenvalue weighted by Gasteiger charge is 2.17. The first-order valence-electron chi connectivity index (χ1n) is 10.4. The number of hydrogen-bond acceptors (Lipinski definition) is 4. The van der Waals surface area contributed by atoms with Crippen LogP contribution >= 0.6 is 0 Å². The minimum Gasteiger partial charge on any atom is -0.508 e. The number of para-hydroxylation sites is 1. The van der Waals surface area contributed by atoms with Gasteiger partial charge in [0.2, 0.25) is 0 Å². The maximum Gasteiger partial charge on any atom is 0.256 e. The summed E-state index contributed by atoms with van der Waals surface area (Å²) in [6.07, 6.45) is 3.69. The molecule has 6 heteroatoms. The van der Waals surface area contributed by atoms with Crippen molar-refractivity contribution in [3.63, 3.8) is 0 Å². The molecule has 0 unspecified atom stereocenters. The van der Waals surface area contributed by atoms with E-state index in [0.717, 1.165) is 34.1 Å². The molecule has 0 saturated carbocycles. The van der Waals surface area contributed by atoms with Crippen molar-refractivity contribution in [3.8, 4) is 17.0 Å². The van der Waals surface area contributed by atoms with Crippen LogP contribution in [0.5, 0.6) is 5.75 Å². The van der Waals surface area contributed by atoms with Crippen LogP contribution in [0.15, 0.2) is 54.9 Å². The predicted molar refractivity (Wildman–Crippen MR) is 124 cm³/mol. The van der Waals surface area contributed by atoms with E-state index >= 15 is 0 Å². The number of rotatable bonds is 5. The van der Waals surface area contributed by atoms with Gasteiger partial charge in [0, 0.05) is 29.4 Å². The number of carbonyl (C=O) groups is 1. The number of nitrogens with zero attached hydrogens (tertiary/aromatic N) is 3. The summed E-state index contributed by atoms with van der Waals surface area (Å²) in [6, 6.07) is 13.0. The van der Waals surface area contributed by atoms with E-state index < -0.39 is 0 Å². The monoisotopic (exact) mass is 414 g/mol. The molecule has 4 aromatic rings. The van der Waals surface area contributed by atoms with Crippen molar-refractivity contribution in [1.29, 1.82) is 0 Å². The zero-order valence-corrected chi connectivity index (χ0v) is 18.2. The van der Waals surface area contributed by atoms with Gasteiger partial charge in [-0.1, -0.05) is 32.0 Å². The van der Waals surface area contributed by atoms with Crippen LogP contribution in [0.4, 0.5) is 5.69 Å². The third-order valence-electron chi connectivity index (χ3n) is 5.46. The Morgan fingerprint density at radius 2 is 1.97 bits per heavy atom. The van der Waals surface area contributed by atoms with Crippen molar-refractivity contribution in [3.05, 3.63) is 71.5 Å². The van der Waals surface area contributed by atoms with Gasteiger partial charge in [-0.25, -0.2) is 4.98 Å². The largest absolute Gasteiger partial charge is 0.508 e. The van der Waals surface area contributed by atoms with Crippen molar-refractivity contribution < 1.29 is 9.90 Å². The van der Waals surface area contributed by atoms with E-state index in [2.05, 4.69) is 10.4 Å². The number of phenols is 1. The van der Waals surface area contributed by atoms with E-state index in [1.807, 2.05) is 75.0 Å². The van der Waals surface area contributed by atoms with Gasteiger partial charge in [0.25, 0.3) is 5.91 Å². The lowest BCUT2D eigenvalue weighted by Gasteiger charge is -2.15. The van der Waals surface area contributed by atoms with E-state index in [1.54, 1.807) is 12.3 Å². The molecule has 2 aromatic heterocycles. The molecule has 0 spiro atoms. The first-order valence-corrected chi connectivity index (χ1v) is 10.4. The van der Waals surface area contributed by atoms with Crippen molar-refractivity contribution >= 4 is 22.5 Å². The van der Waals surface area contributed by atoms with Gasteiger partial charge in [0.1, 0.15) is 5.75 Å². The number of fused-ring (bicyclic) bond motifs is 1. The highest BCUT2D eigenvalue weighted by molar-refractivity contribution is 6.13. The number of benzene rings is 2. The second-order valence-electron chi connectivity index (χ2n) is 7.99. The SMILES string of the molecule is CCn1cc(-c2cc(C(=O)Nc3cc(C(C)C)c(O)cc3C)c3ccccc3n2)cn1. The summed E-state index contributed by atoms with van der Waals surface area (Å²) < 4.78 is 1.83. The summed E-state index contributed by atoms with van der Waals surface area (Å²) in [4.78, 5) is 18.1. The number of nitrogens with one attached hydrogen (secondary N) is 1. The van der Waals surface area contributed by atoms with Crippen LogP contribution in [-0.4, -0.2) is 25.8 Å². The summed E-state index contributed by atoms with van der Waals surface area (Å²) in [6.45, 7) is 8.67. The van der Waals surface area contributed by atoms with E-state index in [-0.39, 0.29) is 17.6 Å². The Balaban J connectivity index is 1.78. The van der Waals surface area contributed by atoms with E-state index in [1.165, 1.54) is 0 Å². The summed E-state index contributed by atoms with van der Waals surface area (Å²) in [5.41, 5.74) is 5.15. The summed E-state index contributed by atoms with van der Waals surface area (Å²) in [5.74, 6) is 0.168. The summed E-state index contributed by atoms with van der Waals surface area (Å²) in [7, 11) is 0. The lowest BCUT2D eigenvalue weighted by Crippen LogP contribution is -2.14. The maximum atomic E-state index is 13.4. The molecule has 0 aliphatic carbocycles. The van der Waals surface area contributed by atoms with Crippen LogP contribution in [0.3, 0.4) is 0 Å². The van der Waals surface area contributed by atoms with Crippen LogP contribution in [0.2, 0.25) is 0 Å². The Labute approximate surface area is 181 Å². The van der Waals surface area contributed by atoms with Crippen LogP contribution in [0.1, 0.15) is 48.2 Å². The number of carbonyl (C=O) groups excluding carboxylic acids is 1. The second kappa shape index (κ2) is 8.22. The standard InChI is InChI=1S/C25H26N4O2/c1-5-29-14-17(13-26-29)23-12-20(18-8-6-7-9-21(18)27-23)25(31)28-22-11-19(15(2)3)24(30)10-16(22)4/h6-15,30H,5H2,1-4H3,(H,28,31). The summed E-state index contributed by atoms with van der Waals surface area (Å²) in [5, 5.41) is 18.4. The molecule has 0 aliphatic heterocycles. The molecule has 0 saturated heterocycles. The number of pyridine rings is 1. The van der Waals surface area contributed by atoms with E-state index in [4.69, 9.17) is 4.98 Å². The normalized spacial score (nSPS) is 11.3. The molecule has 6 nitrogen and oxygen atoms in total. The molecule has 0 atom stereocenters. The van der Waals surface area contributed by atoms with Crippen LogP contribution < -0.4 is 5.32 Å². The number of aromatic nitrogens is 3. The van der Waals surface area contributed by atoms with Gasteiger partial charge in [0.05, 0.1) is 23.0 Å². The smallest absolute Gasteiger partial charge is 0.256 e. The lowest BCUT2D eigenvalue weighted by molar-refractivity contribution is 0.102. The number of phenolic OH excluding ortho intramolecular Hbond substituents is 1. The first-order chi connectivity index (χ1) is 14.9. The topological polar surface area (TPSA) is 80.0 Å². The maximum absolute atomic E-state index is 13.4. The number of aromatic hydroxyl groups is 1. The molecular weight excluding hydrogens is 388 g/mol. The van der Waals surface area contributed by atoms with Crippen LogP contribution in [-0.2, 0) is 6.54 Å². The molecule has 2 N–H and O–H groups in total. The number of hydrogen-bond donors (Lipinski definition) is 2. The minimum absolute atomic E-state index is 0.139. The molecule has 0 fully saturated rings. The van der Waals surface area contributed by atoms with Gasteiger partial charge in [-0.2, -0.15) is 5.10 Å². The van der Waals surface area contributed by atoms with Crippen molar-refractivity contribution in [2.45, 2.75) is 40.2 Å². The second-order valence-corrected chi connectivity index (χ2v) is 7.99. The van der Waals surface area contributed by atoms with Gasteiger partial charge >= 0.3 is 0 Å². The van der Waals surface area contributed by atoms with E-state index in [0.29, 0.717) is 16.9 Å². The highest BCUT2D eigenvalue weighted by atomic mass is 16.3. The average molecular weight is 415 g/mol. The zero-order valence-electron chi connectivity index (χ0n) is 18.2. The molecule has 0 bridgehead atoms. The van der Waals surface area contributed by atoms with Gasteiger partial charge in [-0.3, -0.25) is 9.48 Å². The molecule has 0 radical (unpaired) electrons. The quantitative estimate of drug-likeness (QED) is 0.422. The predicted octanol–water partition coefficient (Wildman–Crippen LogP) is 5.51. The lowest BCUT2D eigenvalue weighted by atomic mass is 9.99. The first kappa shape index (κ1) is 20.6. The Morgan fingerprint density at radius 1 is 1.19 bits per heavy atom.